The Morgan fingerprint density at radius 2 is 1.68 bits per heavy atom. The molecule has 5 aromatic rings. The fraction of sp³-hybridized carbons (Fsp3) is 0.103. The van der Waals surface area contributed by atoms with E-state index in [1.807, 2.05) is 41.8 Å². The fourth-order valence-electron chi connectivity index (χ4n) is 4.26. The molecule has 5 rings (SSSR count). The number of nitrogens with zero attached hydrogens (tertiary/aromatic N) is 2. The predicted molar refractivity (Wildman–Crippen MR) is 145 cm³/mol. The van der Waals surface area contributed by atoms with Gasteiger partial charge in [0, 0.05) is 23.5 Å². The summed E-state index contributed by atoms with van der Waals surface area (Å²) in [6.45, 7) is 2.09. The van der Waals surface area contributed by atoms with Crippen LogP contribution in [0.2, 0.25) is 0 Å². The number of aryl methyl sites for hydroxylation is 1. The maximum atomic E-state index is 13.4. The predicted octanol–water partition coefficient (Wildman–Crippen LogP) is 5.25. The van der Waals surface area contributed by atoms with Gasteiger partial charge in [0.1, 0.15) is 11.6 Å². The summed E-state index contributed by atoms with van der Waals surface area (Å²) in [7, 11) is -3.76. The van der Waals surface area contributed by atoms with Crippen LogP contribution in [0.5, 0.6) is 0 Å². The first-order chi connectivity index (χ1) is 18.3. The van der Waals surface area contributed by atoms with E-state index < -0.39 is 15.9 Å². The highest BCUT2D eigenvalue weighted by Crippen LogP contribution is 2.24. The molecule has 7 nitrogen and oxygen atoms in total. The molecule has 2 N–H and O–H groups in total. The van der Waals surface area contributed by atoms with Crippen LogP contribution in [0.1, 0.15) is 21.7 Å². The van der Waals surface area contributed by atoms with E-state index in [-0.39, 0.29) is 17.3 Å². The van der Waals surface area contributed by atoms with Gasteiger partial charge in [-0.05, 0) is 79.6 Å². The number of amides is 1. The molecule has 0 aliphatic rings. The Morgan fingerprint density at radius 3 is 2.45 bits per heavy atom. The molecule has 4 aromatic carbocycles. The number of benzene rings is 4. The first kappa shape index (κ1) is 25.3. The van der Waals surface area contributed by atoms with Crippen LogP contribution in [-0.2, 0) is 16.4 Å². The quantitative estimate of drug-likeness (QED) is 0.288. The number of carbonyl (C=O) groups excluding carboxylic acids is 1. The summed E-state index contributed by atoms with van der Waals surface area (Å²) < 4.78 is 43.5. The Bertz CT molecular complexity index is 1720. The highest BCUT2D eigenvalue weighted by atomic mass is 32.2. The van der Waals surface area contributed by atoms with Crippen LogP contribution in [0, 0.1) is 12.7 Å². The maximum absolute atomic E-state index is 13.4. The zero-order chi connectivity index (χ0) is 26.7. The van der Waals surface area contributed by atoms with Crippen LogP contribution in [0.4, 0.5) is 10.1 Å². The van der Waals surface area contributed by atoms with Gasteiger partial charge in [0.2, 0.25) is 10.0 Å². The Balaban J connectivity index is 1.33. The number of imidazole rings is 1. The van der Waals surface area contributed by atoms with Gasteiger partial charge >= 0.3 is 0 Å². The number of aromatic nitrogens is 2. The molecule has 0 radical (unpaired) electrons. The number of anilines is 1. The zero-order valence-electron chi connectivity index (χ0n) is 20.6. The Hall–Kier alpha value is -4.34. The molecule has 0 atom stereocenters. The molecular weight excluding hydrogens is 503 g/mol. The molecule has 0 saturated heterocycles. The molecule has 0 aliphatic carbocycles. The standard InChI is InChI=1S/C29H25FN4O3S/c1-20-32-27-15-10-22(18-28(27)34(20)25-13-11-23(30)12-14-25)29(35)33-24-8-5-9-26(19-24)38(36,37)31-17-16-21-6-3-2-4-7-21/h2-15,18-19,31H,16-17H2,1H3,(H,33,35). The molecule has 0 bridgehead atoms. The number of halogens is 1. The third kappa shape index (κ3) is 5.49. The highest BCUT2D eigenvalue weighted by molar-refractivity contribution is 7.89. The van der Waals surface area contributed by atoms with Crippen molar-refractivity contribution in [1.82, 2.24) is 14.3 Å². The number of sulfonamides is 1. The lowest BCUT2D eigenvalue weighted by Crippen LogP contribution is -2.26. The van der Waals surface area contributed by atoms with Gasteiger partial charge in [-0.3, -0.25) is 9.36 Å². The normalized spacial score (nSPS) is 11.5. The molecule has 0 fully saturated rings. The second kappa shape index (κ2) is 10.6. The minimum Gasteiger partial charge on any atom is -0.322 e. The van der Waals surface area contributed by atoms with E-state index in [1.165, 1.54) is 24.3 Å². The summed E-state index contributed by atoms with van der Waals surface area (Å²) in [5.41, 5.74) is 3.86. The van der Waals surface area contributed by atoms with Gasteiger partial charge in [0.05, 0.1) is 15.9 Å². The van der Waals surface area contributed by atoms with Crippen molar-refractivity contribution in [1.29, 1.82) is 0 Å². The molecule has 1 aromatic heterocycles. The topological polar surface area (TPSA) is 93.1 Å². The Morgan fingerprint density at radius 1 is 0.921 bits per heavy atom. The first-order valence-corrected chi connectivity index (χ1v) is 13.5. The SMILES string of the molecule is Cc1nc2ccc(C(=O)Nc3cccc(S(=O)(=O)NCCc4ccccc4)c3)cc2n1-c1ccc(F)cc1. The molecule has 0 saturated carbocycles. The highest BCUT2D eigenvalue weighted by Gasteiger charge is 2.16. The summed E-state index contributed by atoms with van der Waals surface area (Å²) in [6.07, 6.45) is 0.562. The van der Waals surface area contributed by atoms with Crippen LogP contribution < -0.4 is 10.0 Å². The third-order valence-corrected chi connectivity index (χ3v) is 7.58. The smallest absolute Gasteiger partial charge is 0.255 e. The number of rotatable bonds is 8. The van der Waals surface area contributed by atoms with E-state index in [0.717, 1.165) is 11.3 Å². The molecule has 0 unspecified atom stereocenters. The summed E-state index contributed by atoms with van der Waals surface area (Å²) in [5.74, 6) is -0.0450. The number of hydrogen-bond donors (Lipinski definition) is 2. The van der Waals surface area contributed by atoms with Crippen LogP contribution >= 0.6 is 0 Å². The van der Waals surface area contributed by atoms with Gasteiger partial charge in [-0.2, -0.15) is 0 Å². The molecule has 38 heavy (non-hydrogen) atoms. The lowest BCUT2D eigenvalue weighted by atomic mass is 10.1. The summed E-state index contributed by atoms with van der Waals surface area (Å²) >= 11 is 0. The number of hydrogen-bond acceptors (Lipinski definition) is 4. The van der Waals surface area contributed by atoms with Gasteiger partial charge < -0.3 is 5.32 Å². The van der Waals surface area contributed by atoms with Crippen LogP contribution in [0.25, 0.3) is 16.7 Å². The van der Waals surface area contributed by atoms with Crippen molar-refractivity contribution < 1.29 is 17.6 Å². The Kier molecular flexibility index (Phi) is 7.04. The van der Waals surface area contributed by atoms with Crippen LogP contribution in [0.15, 0.2) is 102 Å². The summed E-state index contributed by atoms with van der Waals surface area (Å²) in [6, 6.07) is 26.9. The van der Waals surface area contributed by atoms with E-state index >= 15 is 0 Å². The maximum Gasteiger partial charge on any atom is 0.255 e. The molecule has 1 heterocycles. The van der Waals surface area contributed by atoms with Crippen molar-refractivity contribution in [2.75, 3.05) is 11.9 Å². The minimum absolute atomic E-state index is 0.0591. The van der Waals surface area contributed by atoms with Crippen molar-refractivity contribution in [2.45, 2.75) is 18.2 Å². The van der Waals surface area contributed by atoms with Crippen molar-refractivity contribution >= 4 is 32.7 Å². The van der Waals surface area contributed by atoms with Gasteiger partial charge in [-0.15, -0.1) is 0 Å². The molecule has 0 spiro atoms. The van der Waals surface area contributed by atoms with E-state index in [2.05, 4.69) is 15.0 Å². The van der Waals surface area contributed by atoms with E-state index in [4.69, 9.17) is 0 Å². The molecule has 9 heteroatoms. The Labute approximate surface area is 220 Å². The van der Waals surface area contributed by atoms with E-state index in [9.17, 15) is 17.6 Å². The molecule has 1 amide bonds. The lowest BCUT2D eigenvalue weighted by molar-refractivity contribution is 0.102. The van der Waals surface area contributed by atoms with Crippen molar-refractivity contribution in [2.24, 2.45) is 0 Å². The van der Waals surface area contributed by atoms with Crippen LogP contribution in [-0.4, -0.2) is 30.4 Å². The van der Waals surface area contributed by atoms with Gasteiger partial charge in [0.15, 0.2) is 0 Å². The van der Waals surface area contributed by atoms with Gasteiger partial charge in [0.25, 0.3) is 5.91 Å². The van der Waals surface area contributed by atoms with E-state index in [1.54, 1.807) is 42.5 Å². The lowest BCUT2D eigenvalue weighted by Gasteiger charge is -2.10. The second-order valence-electron chi connectivity index (χ2n) is 8.79. The molecular formula is C29H25FN4O3S. The summed E-state index contributed by atoms with van der Waals surface area (Å²) in [4.78, 5) is 17.7. The van der Waals surface area contributed by atoms with Crippen molar-refractivity contribution in [3.63, 3.8) is 0 Å². The molecule has 192 valence electrons. The van der Waals surface area contributed by atoms with Crippen molar-refractivity contribution in [3.05, 3.63) is 120 Å². The van der Waals surface area contributed by atoms with Crippen LogP contribution in [0.3, 0.4) is 0 Å². The zero-order valence-corrected chi connectivity index (χ0v) is 21.4. The summed E-state index contributed by atoms with van der Waals surface area (Å²) in [5, 5.41) is 2.78. The third-order valence-electron chi connectivity index (χ3n) is 6.12. The largest absolute Gasteiger partial charge is 0.322 e. The monoisotopic (exact) mass is 528 g/mol. The molecule has 0 aliphatic heterocycles. The number of fused-ring (bicyclic) bond motifs is 1. The first-order valence-electron chi connectivity index (χ1n) is 12.0. The minimum atomic E-state index is -3.76. The van der Waals surface area contributed by atoms with Gasteiger partial charge in [-0.25, -0.2) is 22.5 Å². The average Bonchev–Trinajstić information content (AvgIpc) is 3.24. The van der Waals surface area contributed by atoms with Crippen molar-refractivity contribution in [3.8, 4) is 5.69 Å². The van der Waals surface area contributed by atoms with Gasteiger partial charge in [-0.1, -0.05) is 36.4 Å². The average molecular weight is 529 g/mol. The fourth-order valence-corrected chi connectivity index (χ4v) is 5.33. The van der Waals surface area contributed by atoms with E-state index in [0.29, 0.717) is 34.5 Å². The second-order valence-corrected chi connectivity index (χ2v) is 10.6. The number of carbonyl (C=O) groups is 1. The number of nitrogens with one attached hydrogen (secondary N) is 2.